The number of ether oxygens (including phenoxy) is 2. The van der Waals surface area contributed by atoms with Crippen LogP contribution in [-0.4, -0.2) is 24.7 Å². The lowest BCUT2D eigenvalue weighted by atomic mass is 10.2. The monoisotopic (exact) mass is 235 g/mol. The SMILES string of the molecule is N[C@@H](COC1CC1)C(=O)OCc1ccccc1. The molecule has 4 nitrogen and oxygen atoms in total. The quantitative estimate of drug-likeness (QED) is 0.753. The number of nitrogens with two attached hydrogens (primary N) is 1. The predicted molar refractivity (Wildman–Crippen MR) is 63.2 cm³/mol. The fraction of sp³-hybridized carbons (Fsp3) is 0.462. The first kappa shape index (κ1) is 12.1. The van der Waals surface area contributed by atoms with Crippen molar-refractivity contribution in [2.75, 3.05) is 6.61 Å². The van der Waals surface area contributed by atoms with E-state index in [1.165, 1.54) is 0 Å². The maximum atomic E-state index is 11.5. The van der Waals surface area contributed by atoms with Crippen molar-refractivity contribution in [1.29, 1.82) is 0 Å². The number of hydrogen-bond donors (Lipinski definition) is 1. The number of benzene rings is 1. The Labute approximate surface area is 101 Å². The summed E-state index contributed by atoms with van der Waals surface area (Å²) in [5.74, 6) is -0.408. The molecule has 17 heavy (non-hydrogen) atoms. The van der Waals surface area contributed by atoms with E-state index in [9.17, 15) is 4.79 Å². The highest BCUT2D eigenvalue weighted by Gasteiger charge is 2.25. The molecule has 4 heteroatoms. The summed E-state index contributed by atoms with van der Waals surface area (Å²) >= 11 is 0. The molecule has 92 valence electrons. The van der Waals surface area contributed by atoms with Crippen molar-refractivity contribution >= 4 is 5.97 Å². The van der Waals surface area contributed by atoms with E-state index in [2.05, 4.69) is 0 Å². The number of carbonyl (C=O) groups excluding carboxylic acids is 1. The fourth-order valence-electron chi connectivity index (χ4n) is 1.38. The van der Waals surface area contributed by atoms with E-state index >= 15 is 0 Å². The standard InChI is InChI=1S/C13H17NO3/c14-12(9-16-11-6-7-11)13(15)17-8-10-4-2-1-3-5-10/h1-5,11-12H,6-9,14H2/t12-/m0/s1. The Hall–Kier alpha value is -1.39. The zero-order chi connectivity index (χ0) is 12.1. The Morgan fingerprint density at radius 2 is 2.06 bits per heavy atom. The second-order valence-electron chi connectivity index (χ2n) is 4.23. The smallest absolute Gasteiger partial charge is 0.325 e. The van der Waals surface area contributed by atoms with Crippen LogP contribution in [0.25, 0.3) is 0 Å². The Kier molecular flexibility index (Phi) is 4.12. The number of esters is 1. The van der Waals surface area contributed by atoms with Gasteiger partial charge in [0.1, 0.15) is 12.6 Å². The average molecular weight is 235 g/mol. The molecule has 1 atom stereocenters. The summed E-state index contributed by atoms with van der Waals surface area (Å²) < 4.78 is 10.5. The van der Waals surface area contributed by atoms with Gasteiger partial charge in [-0.05, 0) is 18.4 Å². The van der Waals surface area contributed by atoms with E-state index in [0.29, 0.717) is 6.10 Å². The van der Waals surface area contributed by atoms with Gasteiger partial charge in [-0.2, -0.15) is 0 Å². The Bertz CT molecular complexity index is 362. The molecule has 0 unspecified atom stereocenters. The molecule has 0 amide bonds. The highest BCUT2D eigenvalue weighted by molar-refractivity contribution is 5.75. The molecule has 1 fully saturated rings. The number of carbonyl (C=O) groups is 1. The topological polar surface area (TPSA) is 61.5 Å². The maximum absolute atomic E-state index is 11.5. The van der Waals surface area contributed by atoms with Gasteiger partial charge in [0, 0.05) is 0 Å². The molecule has 1 saturated carbocycles. The molecule has 0 aliphatic heterocycles. The van der Waals surface area contributed by atoms with Crippen LogP contribution >= 0.6 is 0 Å². The summed E-state index contributed by atoms with van der Waals surface area (Å²) in [6.07, 6.45) is 2.46. The van der Waals surface area contributed by atoms with Crippen molar-refractivity contribution in [3.05, 3.63) is 35.9 Å². The summed E-state index contributed by atoms with van der Waals surface area (Å²) in [6.45, 7) is 0.509. The van der Waals surface area contributed by atoms with Crippen molar-refractivity contribution in [2.45, 2.75) is 31.6 Å². The van der Waals surface area contributed by atoms with Crippen LogP contribution in [0.4, 0.5) is 0 Å². The van der Waals surface area contributed by atoms with E-state index < -0.39 is 12.0 Å². The minimum Gasteiger partial charge on any atom is -0.460 e. The van der Waals surface area contributed by atoms with Crippen LogP contribution in [0.5, 0.6) is 0 Å². The summed E-state index contributed by atoms with van der Waals surface area (Å²) in [5, 5.41) is 0. The van der Waals surface area contributed by atoms with Gasteiger partial charge in [-0.15, -0.1) is 0 Å². The lowest BCUT2D eigenvalue weighted by molar-refractivity contribution is -0.148. The van der Waals surface area contributed by atoms with Crippen LogP contribution in [0.1, 0.15) is 18.4 Å². The minimum atomic E-state index is -0.681. The number of rotatable bonds is 6. The van der Waals surface area contributed by atoms with Gasteiger partial charge in [-0.1, -0.05) is 30.3 Å². The highest BCUT2D eigenvalue weighted by Crippen LogP contribution is 2.23. The first-order valence-electron chi connectivity index (χ1n) is 5.83. The fourth-order valence-corrected chi connectivity index (χ4v) is 1.38. The van der Waals surface area contributed by atoms with Crippen LogP contribution in [0.2, 0.25) is 0 Å². The van der Waals surface area contributed by atoms with Gasteiger partial charge >= 0.3 is 5.97 Å². The highest BCUT2D eigenvalue weighted by atomic mass is 16.5. The average Bonchev–Trinajstić information content (AvgIpc) is 3.18. The molecule has 2 N–H and O–H groups in total. The summed E-state index contributed by atoms with van der Waals surface area (Å²) in [5.41, 5.74) is 6.61. The second kappa shape index (κ2) is 5.80. The summed E-state index contributed by atoms with van der Waals surface area (Å²) in [7, 11) is 0. The Balaban J connectivity index is 1.68. The lowest BCUT2D eigenvalue weighted by Gasteiger charge is -2.11. The molecule has 0 aromatic heterocycles. The Morgan fingerprint density at radius 3 is 2.71 bits per heavy atom. The molecule has 2 rings (SSSR count). The molecule has 1 aromatic carbocycles. The van der Waals surface area contributed by atoms with E-state index in [1.807, 2.05) is 30.3 Å². The lowest BCUT2D eigenvalue weighted by Crippen LogP contribution is -2.36. The molecule has 0 spiro atoms. The molecule has 0 bridgehead atoms. The van der Waals surface area contributed by atoms with Gasteiger partial charge in [-0.25, -0.2) is 0 Å². The van der Waals surface area contributed by atoms with Crippen LogP contribution in [0, 0.1) is 0 Å². The molecule has 1 aliphatic rings. The van der Waals surface area contributed by atoms with E-state index in [-0.39, 0.29) is 13.2 Å². The first-order valence-corrected chi connectivity index (χ1v) is 5.83. The zero-order valence-electron chi connectivity index (χ0n) is 9.67. The second-order valence-corrected chi connectivity index (χ2v) is 4.23. The third kappa shape index (κ3) is 4.17. The maximum Gasteiger partial charge on any atom is 0.325 e. The molecule has 0 heterocycles. The van der Waals surface area contributed by atoms with Crippen molar-refractivity contribution < 1.29 is 14.3 Å². The zero-order valence-corrected chi connectivity index (χ0v) is 9.67. The third-order valence-corrected chi connectivity index (χ3v) is 2.56. The first-order chi connectivity index (χ1) is 8.25. The normalized spacial score (nSPS) is 16.5. The molecule has 1 aliphatic carbocycles. The van der Waals surface area contributed by atoms with E-state index in [1.54, 1.807) is 0 Å². The van der Waals surface area contributed by atoms with Crippen molar-refractivity contribution in [2.24, 2.45) is 5.73 Å². The van der Waals surface area contributed by atoms with Crippen LogP contribution in [0.3, 0.4) is 0 Å². The Morgan fingerprint density at radius 1 is 1.35 bits per heavy atom. The van der Waals surface area contributed by atoms with Gasteiger partial charge in [-0.3, -0.25) is 4.79 Å². The van der Waals surface area contributed by atoms with E-state index in [0.717, 1.165) is 18.4 Å². The molecule has 0 saturated heterocycles. The van der Waals surface area contributed by atoms with Crippen LogP contribution < -0.4 is 5.73 Å². The third-order valence-electron chi connectivity index (χ3n) is 2.56. The van der Waals surface area contributed by atoms with Gasteiger partial charge in [0.25, 0.3) is 0 Å². The summed E-state index contributed by atoms with van der Waals surface area (Å²) in [6, 6.07) is 8.84. The summed E-state index contributed by atoms with van der Waals surface area (Å²) in [4.78, 5) is 11.5. The molecular formula is C13H17NO3. The van der Waals surface area contributed by atoms with Gasteiger partial charge in [0.05, 0.1) is 12.7 Å². The molecular weight excluding hydrogens is 218 g/mol. The number of hydrogen-bond acceptors (Lipinski definition) is 4. The van der Waals surface area contributed by atoms with Gasteiger partial charge in [0.15, 0.2) is 0 Å². The van der Waals surface area contributed by atoms with E-state index in [4.69, 9.17) is 15.2 Å². The largest absolute Gasteiger partial charge is 0.460 e. The minimum absolute atomic E-state index is 0.248. The van der Waals surface area contributed by atoms with Crippen LogP contribution in [-0.2, 0) is 20.9 Å². The van der Waals surface area contributed by atoms with Crippen molar-refractivity contribution in [1.82, 2.24) is 0 Å². The van der Waals surface area contributed by atoms with Crippen molar-refractivity contribution in [3.8, 4) is 0 Å². The predicted octanol–water partition coefficient (Wildman–Crippen LogP) is 1.24. The molecule has 1 aromatic rings. The van der Waals surface area contributed by atoms with Crippen LogP contribution in [0.15, 0.2) is 30.3 Å². The van der Waals surface area contributed by atoms with Gasteiger partial charge < -0.3 is 15.2 Å². The van der Waals surface area contributed by atoms with Crippen molar-refractivity contribution in [3.63, 3.8) is 0 Å². The van der Waals surface area contributed by atoms with Gasteiger partial charge in [0.2, 0.25) is 0 Å². The molecule has 0 radical (unpaired) electrons.